The molecule has 0 aromatic carbocycles. The van der Waals surface area contributed by atoms with Crippen molar-refractivity contribution in [3.8, 4) is 0 Å². The van der Waals surface area contributed by atoms with E-state index < -0.39 is 0 Å². The maximum absolute atomic E-state index is 4.73. The van der Waals surface area contributed by atoms with Gasteiger partial charge >= 0.3 is 0 Å². The summed E-state index contributed by atoms with van der Waals surface area (Å²) in [7, 11) is 2.07. The van der Waals surface area contributed by atoms with Crippen molar-refractivity contribution in [3.63, 3.8) is 0 Å². The van der Waals surface area contributed by atoms with Gasteiger partial charge in [-0.3, -0.25) is 4.99 Å². The van der Waals surface area contributed by atoms with Crippen molar-refractivity contribution in [1.29, 1.82) is 0 Å². The standard InChI is InChI=1S/C16H30N4S.HI/c1-7-17-15(18-10-8-9-16(3,4)5)20(6)11-14-12-21-13(2)19-14;/h12H,7-11H2,1-6H3,(H,17,18);1H. The summed E-state index contributed by atoms with van der Waals surface area (Å²) >= 11 is 1.70. The minimum Gasteiger partial charge on any atom is -0.357 e. The molecule has 1 aromatic heterocycles. The minimum absolute atomic E-state index is 0. The third kappa shape index (κ3) is 8.92. The lowest BCUT2D eigenvalue weighted by molar-refractivity contribution is 0.367. The van der Waals surface area contributed by atoms with Gasteiger partial charge in [0.25, 0.3) is 0 Å². The molecule has 0 bridgehead atoms. The molecule has 0 aliphatic rings. The minimum atomic E-state index is 0. The maximum atomic E-state index is 4.73. The zero-order valence-corrected chi connectivity index (χ0v) is 17.9. The largest absolute Gasteiger partial charge is 0.357 e. The first kappa shape index (κ1) is 21.6. The summed E-state index contributed by atoms with van der Waals surface area (Å²) in [4.78, 5) is 11.4. The van der Waals surface area contributed by atoms with E-state index in [4.69, 9.17) is 4.99 Å². The highest BCUT2D eigenvalue weighted by atomic mass is 127. The third-order valence-corrected chi connectivity index (χ3v) is 3.93. The van der Waals surface area contributed by atoms with Crippen molar-refractivity contribution in [2.24, 2.45) is 10.4 Å². The highest BCUT2D eigenvalue weighted by molar-refractivity contribution is 14.0. The lowest BCUT2D eigenvalue weighted by atomic mass is 9.91. The normalized spacial score (nSPS) is 12.0. The number of aromatic nitrogens is 1. The first-order valence-electron chi connectivity index (χ1n) is 7.72. The molecule has 0 aliphatic carbocycles. The van der Waals surface area contributed by atoms with Gasteiger partial charge in [0, 0.05) is 25.5 Å². The van der Waals surface area contributed by atoms with Gasteiger partial charge in [0.1, 0.15) is 0 Å². The molecule has 6 heteroatoms. The van der Waals surface area contributed by atoms with Gasteiger partial charge < -0.3 is 10.2 Å². The average Bonchev–Trinajstić information content (AvgIpc) is 2.77. The molecule has 1 N–H and O–H groups in total. The van der Waals surface area contributed by atoms with Gasteiger partial charge in [0.05, 0.1) is 17.2 Å². The fourth-order valence-corrected chi connectivity index (χ4v) is 2.67. The molecule has 1 heterocycles. The predicted octanol–water partition coefficient (Wildman–Crippen LogP) is 4.29. The molecule has 1 aromatic rings. The molecule has 0 atom stereocenters. The first-order valence-corrected chi connectivity index (χ1v) is 8.60. The fourth-order valence-electron chi connectivity index (χ4n) is 2.06. The number of hydrogen-bond acceptors (Lipinski definition) is 3. The van der Waals surface area contributed by atoms with Crippen LogP contribution < -0.4 is 5.32 Å². The SMILES string of the molecule is CCNC(=NCCCC(C)(C)C)N(C)Cc1csc(C)n1.I. The Bertz CT molecular complexity index is 451. The van der Waals surface area contributed by atoms with E-state index in [9.17, 15) is 0 Å². The van der Waals surface area contributed by atoms with Crippen molar-refractivity contribution in [2.45, 2.75) is 54.0 Å². The molecule has 4 nitrogen and oxygen atoms in total. The Balaban J connectivity index is 0.00000441. The van der Waals surface area contributed by atoms with Crippen LogP contribution >= 0.6 is 35.3 Å². The molecule has 0 aliphatic heterocycles. The van der Waals surface area contributed by atoms with E-state index in [2.05, 4.69) is 55.3 Å². The van der Waals surface area contributed by atoms with Gasteiger partial charge in [-0.2, -0.15) is 0 Å². The summed E-state index contributed by atoms with van der Waals surface area (Å²) < 4.78 is 0. The van der Waals surface area contributed by atoms with E-state index >= 15 is 0 Å². The lowest BCUT2D eigenvalue weighted by Gasteiger charge is -2.21. The Morgan fingerprint density at radius 3 is 2.59 bits per heavy atom. The predicted molar refractivity (Wildman–Crippen MR) is 108 cm³/mol. The summed E-state index contributed by atoms with van der Waals surface area (Å²) in [5.41, 5.74) is 1.50. The van der Waals surface area contributed by atoms with Crippen LogP contribution in [0.15, 0.2) is 10.4 Å². The number of aryl methyl sites for hydroxylation is 1. The van der Waals surface area contributed by atoms with Crippen LogP contribution in [-0.4, -0.2) is 36.0 Å². The second-order valence-electron chi connectivity index (χ2n) is 6.61. The number of thiazole rings is 1. The van der Waals surface area contributed by atoms with E-state index in [1.54, 1.807) is 11.3 Å². The molecule has 0 spiro atoms. The van der Waals surface area contributed by atoms with Crippen molar-refractivity contribution >= 4 is 41.3 Å². The molecule has 0 amide bonds. The summed E-state index contributed by atoms with van der Waals surface area (Å²) in [6, 6.07) is 0. The number of halogens is 1. The number of rotatable bonds is 6. The molecule has 0 radical (unpaired) electrons. The Morgan fingerprint density at radius 1 is 1.41 bits per heavy atom. The second kappa shape index (κ2) is 10.4. The van der Waals surface area contributed by atoms with E-state index in [0.29, 0.717) is 5.41 Å². The number of hydrogen-bond donors (Lipinski definition) is 1. The molecule has 0 fully saturated rings. The smallest absolute Gasteiger partial charge is 0.194 e. The van der Waals surface area contributed by atoms with Gasteiger partial charge in [-0.1, -0.05) is 20.8 Å². The molecule has 0 saturated carbocycles. The molecule has 128 valence electrons. The zero-order chi connectivity index (χ0) is 15.9. The van der Waals surface area contributed by atoms with E-state index in [1.165, 1.54) is 6.42 Å². The number of nitrogens with zero attached hydrogens (tertiary/aromatic N) is 3. The van der Waals surface area contributed by atoms with Crippen molar-refractivity contribution in [1.82, 2.24) is 15.2 Å². The summed E-state index contributed by atoms with van der Waals surface area (Å²) in [6.07, 6.45) is 2.33. The Kier molecular flexibility index (Phi) is 10.2. The first-order chi connectivity index (χ1) is 9.81. The zero-order valence-electron chi connectivity index (χ0n) is 14.8. The molecular weight excluding hydrogens is 407 g/mol. The van der Waals surface area contributed by atoms with Gasteiger partial charge in [-0.15, -0.1) is 35.3 Å². The topological polar surface area (TPSA) is 40.5 Å². The van der Waals surface area contributed by atoms with Gasteiger partial charge in [-0.05, 0) is 32.1 Å². The summed E-state index contributed by atoms with van der Waals surface area (Å²) in [5.74, 6) is 0.970. The average molecular weight is 438 g/mol. The molecular formula is C16H31IN4S. The van der Waals surface area contributed by atoms with Crippen LogP contribution in [0.2, 0.25) is 0 Å². The van der Waals surface area contributed by atoms with Crippen LogP contribution in [0.3, 0.4) is 0 Å². The van der Waals surface area contributed by atoms with E-state index in [-0.39, 0.29) is 24.0 Å². The Hall–Kier alpha value is -0.370. The van der Waals surface area contributed by atoms with Crippen molar-refractivity contribution < 1.29 is 0 Å². The van der Waals surface area contributed by atoms with Crippen LogP contribution in [0.1, 0.15) is 51.2 Å². The summed E-state index contributed by atoms with van der Waals surface area (Å²) in [6.45, 7) is 13.5. The molecule has 0 saturated heterocycles. The van der Waals surface area contributed by atoms with E-state index in [0.717, 1.165) is 42.7 Å². The highest BCUT2D eigenvalue weighted by Gasteiger charge is 2.10. The van der Waals surface area contributed by atoms with Gasteiger partial charge in [0.2, 0.25) is 0 Å². The highest BCUT2D eigenvalue weighted by Crippen LogP contribution is 2.20. The van der Waals surface area contributed by atoms with Crippen molar-refractivity contribution in [2.75, 3.05) is 20.1 Å². The van der Waals surface area contributed by atoms with Crippen molar-refractivity contribution in [3.05, 3.63) is 16.1 Å². The van der Waals surface area contributed by atoms with Crippen LogP contribution in [0.25, 0.3) is 0 Å². The van der Waals surface area contributed by atoms with E-state index in [1.807, 2.05) is 6.92 Å². The second-order valence-corrected chi connectivity index (χ2v) is 7.68. The number of aliphatic imine (C=N–C) groups is 1. The summed E-state index contributed by atoms with van der Waals surface area (Å²) in [5, 5.41) is 6.59. The molecule has 1 rings (SSSR count). The van der Waals surface area contributed by atoms with Crippen LogP contribution in [-0.2, 0) is 6.54 Å². The van der Waals surface area contributed by atoms with Crippen LogP contribution in [0, 0.1) is 12.3 Å². The Morgan fingerprint density at radius 2 is 2.09 bits per heavy atom. The quantitative estimate of drug-likeness (QED) is 0.312. The lowest BCUT2D eigenvalue weighted by Crippen LogP contribution is -2.38. The third-order valence-electron chi connectivity index (χ3n) is 3.11. The number of guanidine groups is 1. The number of nitrogens with one attached hydrogen (secondary N) is 1. The van der Waals surface area contributed by atoms with Crippen LogP contribution in [0.4, 0.5) is 0 Å². The Labute approximate surface area is 156 Å². The van der Waals surface area contributed by atoms with Crippen LogP contribution in [0.5, 0.6) is 0 Å². The monoisotopic (exact) mass is 438 g/mol. The fraction of sp³-hybridized carbons (Fsp3) is 0.750. The maximum Gasteiger partial charge on any atom is 0.194 e. The molecule has 0 unspecified atom stereocenters. The molecule has 22 heavy (non-hydrogen) atoms. The van der Waals surface area contributed by atoms with Gasteiger partial charge in [0.15, 0.2) is 5.96 Å². The van der Waals surface area contributed by atoms with Gasteiger partial charge in [-0.25, -0.2) is 4.98 Å².